The fourth-order valence-electron chi connectivity index (χ4n) is 4.20. The largest absolute Gasteiger partial charge is 0.421 e. The number of carbonyl (C=O) groups excluding carboxylic acids is 1. The number of hydrogen-bond donors (Lipinski definition) is 2. The summed E-state index contributed by atoms with van der Waals surface area (Å²) >= 11 is 6.80. The maximum absolute atomic E-state index is 12.8. The minimum atomic E-state index is -0.626. The monoisotopic (exact) mass is 485 g/mol. The SMILES string of the molecule is CC1(C)CC(NC(=O)c2cc3cc(Br)cc(Br)c3oc2=O)CC(C)(C)[NH2+]1. The topological polar surface area (TPSA) is 75.9 Å². The second kappa shape index (κ2) is 6.77. The molecule has 0 unspecified atom stereocenters. The van der Waals surface area contributed by atoms with E-state index >= 15 is 0 Å². The van der Waals surface area contributed by atoms with E-state index in [0.717, 1.165) is 17.3 Å². The molecule has 0 aliphatic carbocycles. The molecule has 0 spiro atoms. The quantitative estimate of drug-likeness (QED) is 0.639. The minimum Gasteiger partial charge on any atom is -0.421 e. The Bertz CT molecular complexity index is 918. The number of quaternary nitrogens is 1. The summed E-state index contributed by atoms with van der Waals surface area (Å²) in [5.41, 5.74) is -0.0941. The lowest BCUT2D eigenvalue weighted by molar-refractivity contribution is -0.787. The number of rotatable bonds is 2. The molecule has 0 radical (unpaired) electrons. The van der Waals surface area contributed by atoms with E-state index in [-0.39, 0.29) is 28.6 Å². The number of halogens is 2. The maximum atomic E-state index is 12.8. The molecule has 1 aliphatic heterocycles. The normalized spacial score (nSPS) is 19.5. The van der Waals surface area contributed by atoms with E-state index in [4.69, 9.17) is 4.42 Å². The number of piperidine rings is 1. The maximum Gasteiger partial charge on any atom is 0.349 e. The third-order valence-corrected chi connectivity index (χ3v) is 5.70. The van der Waals surface area contributed by atoms with Gasteiger partial charge in [0.25, 0.3) is 5.91 Å². The zero-order valence-corrected chi connectivity index (χ0v) is 18.5. The van der Waals surface area contributed by atoms with Crippen LogP contribution in [0.2, 0.25) is 0 Å². The van der Waals surface area contributed by atoms with Crippen molar-refractivity contribution in [3.63, 3.8) is 0 Å². The summed E-state index contributed by atoms with van der Waals surface area (Å²) in [6.07, 6.45) is 1.69. The van der Waals surface area contributed by atoms with Crippen molar-refractivity contribution in [3.05, 3.63) is 43.1 Å². The van der Waals surface area contributed by atoms with E-state index in [0.29, 0.717) is 15.4 Å². The lowest BCUT2D eigenvalue weighted by atomic mass is 9.79. The first-order valence-electron chi connectivity index (χ1n) is 8.57. The van der Waals surface area contributed by atoms with Crippen molar-refractivity contribution in [1.82, 2.24) is 5.32 Å². The molecular weight excluding hydrogens is 464 g/mol. The Labute approximate surface area is 169 Å². The van der Waals surface area contributed by atoms with Crippen LogP contribution in [-0.2, 0) is 0 Å². The molecule has 0 bridgehead atoms. The van der Waals surface area contributed by atoms with Crippen LogP contribution < -0.4 is 16.3 Å². The summed E-state index contributed by atoms with van der Waals surface area (Å²) in [5.74, 6) is -0.379. The molecule has 2 heterocycles. The molecule has 0 saturated carbocycles. The van der Waals surface area contributed by atoms with Crippen LogP contribution in [0.5, 0.6) is 0 Å². The van der Waals surface area contributed by atoms with Gasteiger partial charge < -0.3 is 15.1 Å². The van der Waals surface area contributed by atoms with Gasteiger partial charge in [-0.15, -0.1) is 0 Å². The molecule has 5 nitrogen and oxygen atoms in total. The molecule has 1 saturated heterocycles. The number of fused-ring (bicyclic) bond motifs is 1. The number of carbonyl (C=O) groups is 1. The van der Waals surface area contributed by atoms with Crippen LogP contribution in [0.15, 0.2) is 36.4 Å². The van der Waals surface area contributed by atoms with Gasteiger partial charge in [0, 0.05) is 28.7 Å². The molecule has 1 amide bonds. The van der Waals surface area contributed by atoms with Gasteiger partial charge in [0.05, 0.1) is 15.6 Å². The Balaban J connectivity index is 1.90. The van der Waals surface area contributed by atoms with Crippen LogP contribution in [0.4, 0.5) is 0 Å². The Morgan fingerprint density at radius 2 is 1.77 bits per heavy atom. The van der Waals surface area contributed by atoms with Crippen molar-refractivity contribution < 1.29 is 14.5 Å². The number of hydrogen-bond acceptors (Lipinski definition) is 3. The average Bonchev–Trinajstić information content (AvgIpc) is 2.44. The molecule has 0 atom stereocenters. The first-order valence-corrected chi connectivity index (χ1v) is 10.2. The van der Waals surface area contributed by atoms with Gasteiger partial charge in [-0.2, -0.15) is 0 Å². The van der Waals surface area contributed by atoms with Crippen LogP contribution in [0.25, 0.3) is 11.0 Å². The van der Waals surface area contributed by atoms with Crippen molar-refractivity contribution in [1.29, 1.82) is 0 Å². The highest BCUT2D eigenvalue weighted by atomic mass is 79.9. The first kappa shape index (κ1) is 19.6. The minimum absolute atomic E-state index is 0.0156. The number of nitrogens with two attached hydrogens (primary N) is 1. The molecule has 1 fully saturated rings. The fraction of sp³-hybridized carbons (Fsp3) is 0.474. The standard InChI is InChI=1S/C19H22Br2N2O3/c1-18(2)8-12(9-19(3,4)23-18)22-16(24)13-6-10-5-11(20)7-14(21)15(10)26-17(13)25/h5-7,12,23H,8-9H2,1-4H3,(H,22,24)/p+1. The molecule has 1 aromatic heterocycles. The molecule has 1 aromatic carbocycles. The second-order valence-electron chi connectivity index (χ2n) is 8.45. The summed E-state index contributed by atoms with van der Waals surface area (Å²) in [6.45, 7) is 8.69. The van der Waals surface area contributed by atoms with Gasteiger partial charge in [-0.05, 0) is 61.8 Å². The molecule has 2 aromatic rings. The summed E-state index contributed by atoms with van der Waals surface area (Å²) in [7, 11) is 0. The lowest BCUT2D eigenvalue weighted by Crippen LogP contribution is -3.06. The summed E-state index contributed by atoms with van der Waals surface area (Å²) in [6, 6.07) is 5.23. The predicted molar refractivity (Wildman–Crippen MR) is 108 cm³/mol. The third-order valence-electron chi connectivity index (χ3n) is 4.66. The predicted octanol–water partition coefficient (Wildman–Crippen LogP) is 3.33. The molecule has 26 heavy (non-hydrogen) atoms. The van der Waals surface area contributed by atoms with E-state index in [1.807, 2.05) is 6.07 Å². The van der Waals surface area contributed by atoms with Crippen molar-refractivity contribution >= 4 is 48.7 Å². The van der Waals surface area contributed by atoms with Crippen molar-refractivity contribution in [2.24, 2.45) is 0 Å². The fourth-order valence-corrected chi connectivity index (χ4v) is 5.54. The summed E-state index contributed by atoms with van der Waals surface area (Å²) < 4.78 is 6.88. The van der Waals surface area contributed by atoms with Gasteiger partial charge in [-0.3, -0.25) is 4.79 Å². The Hall–Kier alpha value is -1.18. The van der Waals surface area contributed by atoms with Gasteiger partial charge in [0.2, 0.25) is 0 Å². The first-order chi connectivity index (χ1) is 12.0. The van der Waals surface area contributed by atoms with Crippen LogP contribution in [-0.4, -0.2) is 23.0 Å². The summed E-state index contributed by atoms with van der Waals surface area (Å²) in [4.78, 5) is 25.1. The second-order valence-corrected chi connectivity index (χ2v) is 10.2. The van der Waals surface area contributed by atoms with Crippen LogP contribution in [0, 0.1) is 0 Å². The van der Waals surface area contributed by atoms with Crippen molar-refractivity contribution in [2.75, 3.05) is 0 Å². The van der Waals surface area contributed by atoms with Gasteiger partial charge in [-0.1, -0.05) is 15.9 Å². The molecular formula is C19H23Br2N2O3+. The van der Waals surface area contributed by atoms with E-state index in [2.05, 4.69) is 70.2 Å². The molecule has 140 valence electrons. The smallest absolute Gasteiger partial charge is 0.349 e. The zero-order valence-electron chi connectivity index (χ0n) is 15.3. The highest BCUT2D eigenvalue weighted by Crippen LogP contribution is 2.28. The van der Waals surface area contributed by atoms with Crippen molar-refractivity contribution in [2.45, 2.75) is 57.7 Å². The van der Waals surface area contributed by atoms with Crippen LogP contribution in [0.3, 0.4) is 0 Å². The van der Waals surface area contributed by atoms with Gasteiger partial charge in [0.1, 0.15) is 5.56 Å². The number of benzene rings is 1. The summed E-state index contributed by atoms with van der Waals surface area (Å²) in [5, 5.41) is 6.08. The Kier molecular flexibility index (Phi) is 5.09. The Morgan fingerprint density at radius 3 is 2.38 bits per heavy atom. The zero-order chi connectivity index (χ0) is 19.3. The van der Waals surface area contributed by atoms with Gasteiger partial charge in [-0.25, -0.2) is 4.79 Å². The highest BCUT2D eigenvalue weighted by molar-refractivity contribution is 9.11. The lowest BCUT2D eigenvalue weighted by Gasteiger charge is -2.43. The van der Waals surface area contributed by atoms with Crippen LogP contribution >= 0.6 is 31.9 Å². The molecule has 3 rings (SSSR count). The Morgan fingerprint density at radius 1 is 1.15 bits per heavy atom. The molecule has 7 heteroatoms. The van der Waals surface area contributed by atoms with Crippen molar-refractivity contribution in [3.8, 4) is 0 Å². The van der Waals surface area contributed by atoms with Crippen LogP contribution in [0.1, 0.15) is 50.9 Å². The third kappa shape index (κ3) is 4.21. The van der Waals surface area contributed by atoms with E-state index in [1.165, 1.54) is 0 Å². The molecule has 1 aliphatic rings. The van der Waals surface area contributed by atoms with E-state index in [1.54, 1.807) is 12.1 Å². The number of amides is 1. The highest BCUT2D eigenvalue weighted by Gasteiger charge is 2.42. The van der Waals surface area contributed by atoms with E-state index < -0.39 is 5.63 Å². The van der Waals surface area contributed by atoms with Gasteiger partial charge in [0.15, 0.2) is 5.58 Å². The van der Waals surface area contributed by atoms with Gasteiger partial charge >= 0.3 is 5.63 Å². The van der Waals surface area contributed by atoms with E-state index in [9.17, 15) is 9.59 Å². The number of nitrogens with one attached hydrogen (secondary N) is 1. The average molecular weight is 487 g/mol. The molecule has 3 N–H and O–H groups in total.